The van der Waals surface area contributed by atoms with Crippen molar-refractivity contribution in [3.63, 3.8) is 0 Å². The molecule has 1 unspecified atom stereocenters. The molecule has 1 atom stereocenters. The van der Waals surface area contributed by atoms with Gasteiger partial charge in [-0.05, 0) is 20.3 Å². The van der Waals surface area contributed by atoms with Crippen LogP contribution in [-0.4, -0.2) is 11.0 Å². The summed E-state index contributed by atoms with van der Waals surface area (Å²) < 4.78 is 5.43. The second-order valence-corrected chi connectivity index (χ2v) is 3.60. The number of nitrogens with zero attached hydrogens (tertiary/aromatic N) is 2. The third-order valence-corrected chi connectivity index (χ3v) is 2.45. The van der Waals surface area contributed by atoms with E-state index in [2.05, 4.69) is 23.3 Å². The number of hydrogen-bond donors (Lipinski definition) is 1. The van der Waals surface area contributed by atoms with Crippen LogP contribution in [0, 0.1) is 25.2 Å². The molecule has 0 bridgehead atoms. The average molecular weight is 207 g/mol. The monoisotopic (exact) mass is 207 g/mol. The molecular formula is C11H17N3O. The summed E-state index contributed by atoms with van der Waals surface area (Å²) >= 11 is 0. The maximum atomic E-state index is 8.58. The standard InChI is InChI=1S/C11H17N3O/c1-4-10(5-6-12)13-7-11-14-8(2)9(3)15-11/h10,13H,4-5,7H2,1-3H3. The smallest absolute Gasteiger partial charge is 0.208 e. The molecule has 0 aliphatic rings. The van der Waals surface area contributed by atoms with Gasteiger partial charge in [-0.2, -0.15) is 5.26 Å². The highest BCUT2D eigenvalue weighted by Crippen LogP contribution is 2.08. The number of aromatic nitrogens is 1. The molecule has 0 spiro atoms. The SMILES string of the molecule is CCC(CC#N)NCc1nc(C)c(C)o1. The Kier molecular flexibility index (Phi) is 4.32. The van der Waals surface area contributed by atoms with Crippen molar-refractivity contribution in [2.24, 2.45) is 0 Å². The zero-order valence-corrected chi connectivity index (χ0v) is 9.50. The van der Waals surface area contributed by atoms with E-state index in [0.29, 0.717) is 18.9 Å². The predicted octanol–water partition coefficient (Wildman–Crippen LogP) is 2.07. The van der Waals surface area contributed by atoms with Gasteiger partial charge in [-0.15, -0.1) is 0 Å². The van der Waals surface area contributed by atoms with Gasteiger partial charge in [-0.3, -0.25) is 0 Å². The average Bonchev–Trinajstić information content (AvgIpc) is 2.53. The maximum Gasteiger partial charge on any atom is 0.208 e. The Bertz CT molecular complexity index is 332. The van der Waals surface area contributed by atoms with E-state index in [9.17, 15) is 0 Å². The fourth-order valence-electron chi connectivity index (χ4n) is 1.32. The third-order valence-electron chi connectivity index (χ3n) is 2.45. The van der Waals surface area contributed by atoms with Crippen LogP contribution in [-0.2, 0) is 6.54 Å². The highest BCUT2D eigenvalue weighted by atomic mass is 16.4. The second kappa shape index (κ2) is 5.52. The van der Waals surface area contributed by atoms with E-state index >= 15 is 0 Å². The van der Waals surface area contributed by atoms with Gasteiger partial charge in [0.2, 0.25) is 5.89 Å². The summed E-state index contributed by atoms with van der Waals surface area (Å²) in [6, 6.07) is 2.38. The molecule has 0 amide bonds. The molecule has 1 rings (SSSR count). The summed E-state index contributed by atoms with van der Waals surface area (Å²) in [6.45, 7) is 6.48. The minimum Gasteiger partial charge on any atom is -0.444 e. The number of nitriles is 1. The van der Waals surface area contributed by atoms with Crippen LogP contribution >= 0.6 is 0 Å². The quantitative estimate of drug-likeness (QED) is 0.802. The van der Waals surface area contributed by atoms with E-state index < -0.39 is 0 Å². The molecule has 0 saturated carbocycles. The van der Waals surface area contributed by atoms with Gasteiger partial charge in [0.15, 0.2) is 0 Å². The van der Waals surface area contributed by atoms with Gasteiger partial charge in [0, 0.05) is 6.04 Å². The number of rotatable bonds is 5. The van der Waals surface area contributed by atoms with Crippen molar-refractivity contribution < 1.29 is 4.42 Å². The normalized spacial score (nSPS) is 12.4. The molecule has 0 fully saturated rings. The minimum atomic E-state index is 0.225. The first kappa shape index (κ1) is 11.7. The molecule has 1 N–H and O–H groups in total. The lowest BCUT2D eigenvalue weighted by molar-refractivity contribution is 0.416. The molecule has 1 aromatic heterocycles. The first-order valence-corrected chi connectivity index (χ1v) is 5.20. The van der Waals surface area contributed by atoms with Gasteiger partial charge in [-0.25, -0.2) is 4.98 Å². The lowest BCUT2D eigenvalue weighted by atomic mass is 10.2. The molecule has 0 saturated heterocycles. The Balaban J connectivity index is 2.46. The Morgan fingerprint density at radius 1 is 1.53 bits per heavy atom. The molecule has 0 radical (unpaired) electrons. The van der Waals surface area contributed by atoms with E-state index in [1.807, 2.05) is 13.8 Å². The van der Waals surface area contributed by atoms with Crippen molar-refractivity contribution >= 4 is 0 Å². The van der Waals surface area contributed by atoms with Gasteiger partial charge >= 0.3 is 0 Å². The molecule has 4 heteroatoms. The van der Waals surface area contributed by atoms with E-state index in [1.165, 1.54) is 0 Å². The predicted molar refractivity (Wildman–Crippen MR) is 57.1 cm³/mol. The van der Waals surface area contributed by atoms with E-state index in [4.69, 9.17) is 9.68 Å². The summed E-state index contributed by atoms with van der Waals surface area (Å²) in [5.74, 6) is 1.56. The molecule has 0 aromatic carbocycles. The highest BCUT2D eigenvalue weighted by molar-refractivity contribution is 5.05. The van der Waals surface area contributed by atoms with E-state index in [1.54, 1.807) is 0 Å². The molecule has 1 heterocycles. The van der Waals surface area contributed by atoms with Crippen LogP contribution in [0.4, 0.5) is 0 Å². The van der Waals surface area contributed by atoms with Gasteiger partial charge in [0.25, 0.3) is 0 Å². The fraction of sp³-hybridized carbons (Fsp3) is 0.636. The molecule has 0 aliphatic carbocycles. The van der Waals surface area contributed by atoms with Crippen LogP contribution in [0.25, 0.3) is 0 Å². The Morgan fingerprint density at radius 2 is 2.27 bits per heavy atom. The van der Waals surface area contributed by atoms with Crippen LogP contribution in [0.15, 0.2) is 4.42 Å². The Morgan fingerprint density at radius 3 is 2.73 bits per heavy atom. The van der Waals surface area contributed by atoms with Crippen molar-refractivity contribution in [3.8, 4) is 6.07 Å². The van der Waals surface area contributed by atoms with Gasteiger partial charge in [-0.1, -0.05) is 6.92 Å². The molecule has 82 valence electrons. The maximum absolute atomic E-state index is 8.58. The lowest BCUT2D eigenvalue weighted by Crippen LogP contribution is -2.27. The van der Waals surface area contributed by atoms with Crippen LogP contribution in [0.2, 0.25) is 0 Å². The summed E-state index contributed by atoms with van der Waals surface area (Å²) in [4.78, 5) is 4.26. The van der Waals surface area contributed by atoms with Crippen molar-refractivity contribution in [1.29, 1.82) is 5.26 Å². The molecule has 15 heavy (non-hydrogen) atoms. The largest absolute Gasteiger partial charge is 0.444 e. The fourth-order valence-corrected chi connectivity index (χ4v) is 1.32. The van der Waals surface area contributed by atoms with Crippen molar-refractivity contribution in [1.82, 2.24) is 10.3 Å². The number of aryl methyl sites for hydroxylation is 2. The topological polar surface area (TPSA) is 61.9 Å². The Hall–Kier alpha value is -1.34. The van der Waals surface area contributed by atoms with E-state index in [-0.39, 0.29) is 6.04 Å². The first-order valence-electron chi connectivity index (χ1n) is 5.20. The highest BCUT2D eigenvalue weighted by Gasteiger charge is 2.08. The second-order valence-electron chi connectivity index (χ2n) is 3.60. The Labute approximate surface area is 90.3 Å². The summed E-state index contributed by atoms with van der Waals surface area (Å²) in [6.07, 6.45) is 1.46. The third kappa shape index (κ3) is 3.37. The zero-order chi connectivity index (χ0) is 11.3. The number of nitrogens with one attached hydrogen (secondary N) is 1. The zero-order valence-electron chi connectivity index (χ0n) is 9.50. The van der Waals surface area contributed by atoms with Gasteiger partial charge in [0.1, 0.15) is 5.76 Å². The minimum absolute atomic E-state index is 0.225. The lowest BCUT2D eigenvalue weighted by Gasteiger charge is -2.11. The van der Waals surface area contributed by atoms with Crippen LogP contribution < -0.4 is 5.32 Å². The van der Waals surface area contributed by atoms with E-state index in [0.717, 1.165) is 17.9 Å². The molecule has 0 aliphatic heterocycles. The van der Waals surface area contributed by atoms with Crippen molar-refractivity contribution in [2.45, 2.75) is 46.2 Å². The summed E-state index contributed by atoms with van der Waals surface area (Å²) in [5.41, 5.74) is 0.931. The van der Waals surface area contributed by atoms with Crippen LogP contribution in [0.3, 0.4) is 0 Å². The first-order chi connectivity index (χ1) is 7.17. The van der Waals surface area contributed by atoms with Crippen molar-refractivity contribution in [3.05, 3.63) is 17.3 Å². The van der Waals surface area contributed by atoms with Crippen molar-refractivity contribution in [2.75, 3.05) is 0 Å². The van der Waals surface area contributed by atoms with Crippen LogP contribution in [0.5, 0.6) is 0 Å². The molecule has 4 nitrogen and oxygen atoms in total. The van der Waals surface area contributed by atoms with Crippen LogP contribution in [0.1, 0.15) is 37.1 Å². The van der Waals surface area contributed by atoms with Gasteiger partial charge in [0.05, 0.1) is 24.7 Å². The number of hydrogen-bond acceptors (Lipinski definition) is 4. The summed E-state index contributed by atoms with van der Waals surface area (Å²) in [5, 5.41) is 11.8. The molecular weight excluding hydrogens is 190 g/mol. The summed E-state index contributed by atoms with van der Waals surface area (Å²) in [7, 11) is 0. The van der Waals surface area contributed by atoms with Gasteiger partial charge < -0.3 is 9.73 Å². The number of oxazole rings is 1. The molecule has 1 aromatic rings.